The van der Waals surface area contributed by atoms with Crippen molar-refractivity contribution in [1.82, 2.24) is 19.4 Å². The van der Waals surface area contributed by atoms with Crippen molar-refractivity contribution < 1.29 is 19.7 Å². The third kappa shape index (κ3) is 11.1. The maximum Gasteiger partial charge on any atom is 0.213 e. The fraction of sp³-hybridized carbons (Fsp3) is 0.486. The highest BCUT2D eigenvalue weighted by Gasteiger charge is 2.24. The van der Waals surface area contributed by atoms with Gasteiger partial charge in [-0.15, -0.1) is 0 Å². The zero-order valence-electron chi connectivity index (χ0n) is 28.4. The minimum Gasteiger partial charge on any atom is -0.473 e. The monoisotopic (exact) mass is 618 g/mol. The Morgan fingerprint density at radius 1 is 0.933 bits per heavy atom. The first-order valence-electron chi connectivity index (χ1n) is 16.6. The minimum atomic E-state index is -0.694. The number of aromatic nitrogens is 3. The molecule has 0 radical (unpaired) electrons. The fourth-order valence-electron chi connectivity index (χ4n) is 5.22. The van der Waals surface area contributed by atoms with E-state index in [-0.39, 0.29) is 18.8 Å². The van der Waals surface area contributed by atoms with Crippen LogP contribution in [0.2, 0.25) is 0 Å². The average molecular weight is 619 g/mol. The van der Waals surface area contributed by atoms with Crippen molar-refractivity contribution in [2.75, 3.05) is 19.7 Å². The summed E-state index contributed by atoms with van der Waals surface area (Å²) in [6.07, 6.45) is 1.56. The zero-order chi connectivity index (χ0) is 33.2. The molecule has 1 saturated heterocycles. The maximum absolute atomic E-state index is 12.0. The van der Waals surface area contributed by atoms with Crippen molar-refractivity contribution in [3.8, 4) is 5.88 Å². The van der Waals surface area contributed by atoms with Crippen molar-refractivity contribution in [3.05, 3.63) is 89.4 Å². The van der Waals surface area contributed by atoms with Crippen LogP contribution in [0.4, 0.5) is 0 Å². The number of carbonyl (C=O) groups is 1. The van der Waals surface area contributed by atoms with E-state index in [0.29, 0.717) is 37.1 Å². The van der Waals surface area contributed by atoms with Crippen molar-refractivity contribution in [1.29, 1.82) is 0 Å². The molecule has 3 heterocycles. The molecule has 1 aliphatic heterocycles. The molecule has 8 heteroatoms. The highest BCUT2D eigenvalue weighted by atomic mass is 16.5. The molecule has 4 aromatic rings. The second kappa shape index (κ2) is 20.4. The van der Waals surface area contributed by atoms with Gasteiger partial charge in [-0.1, -0.05) is 77.9 Å². The number of Topliss-reactive ketones (excluding diaryl/α,β-unsaturated/α-hetero) is 1. The van der Waals surface area contributed by atoms with Gasteiger partial charge in [-0.2, -0.15) is 0 Å². The lowest BCUT2D eigenvalue weighted by Gasteiger charge is -2.31. The largest absolute Gasteiger partial charge is 0.473 e. The number of ether oxygens (including phenoxy) is 1. The van der Waals surface area contributed by atoms with Crippen LogP contribution in [0.15, 0.2) is 66.7 Å². The minimum absolute atomic E-state index is 0.00711. The molecule has 2 aromatic heterocycles. The number of piperidine rings is 1. The van der Waals surface area contributed by atoms with Crippen molar-refractivity contribution in [2.24, 2.45) is 0 Å². The van der Waals surface area contributed by atoms with Gasteiger partial charge in [0.2, 0.25) is 5.88 Å². The van der Waals surface area contributed by atoms with Gasteiger partial charge in [0, 0.05) is 29.8 Å². The molecule has 0 amide bonds. The number of likely N-dealkylation sites (tertiary alicyclic amines) is 1. The van der Waals surface area contributed by atoms with Gasteiger partial charge in [-0.25, -0.2) is 9.97 Å². The van der Waals surface area contributed by atoms with Gasteiger partial charge in [-0.05, 0) is 69.1 Å². The standard InChI is InChI=1S/C31H36N4O4.3C2H6/c1-22(37)25-10-11-28-29(18-25)35(19-26(38)14-17-36)30(32-28)20-34-15-12-24(13-16-34)27-8-5-9-31(33-27)39-21-23-6-3-2-4-7-23;3*1-2/h2-11,18,24,26,36,38H,12-17,19-21H2,1H3;3*1-2H3. The lowest BCUT2D eigenvalue weighted by atomic mass is 9.93. The average Bonchev–Trinajstić information content (AvgIpc) is 3.43. The van der Waals surface area contributed by atoms with Crippen LogP contribution in [0.25, 0.3) is 11.0 Å². The first kappa shape index (κ1) is 37.6. The van der Waals surface area contributed by atoms with Crippen LogP contribution < -0.4 is 4.74 Å². The molecule has 0 spiro atoms. The number of imidazole rings is 1. The van der Waals surface area contributed by atoms with Crippen LogP contribution in [-0.4, -0.2) is 61.2 Å². The number of ketones is 1. The molecule has 0 bridgehead atoms. The predicted molar refractivity (Wildman–Crippen MR) is 184 cm³/mol. The van der Waals surface area contributed by atoms with E-state index in [1.807, 2.05) is 101 Å². The van der Waals surface area contributed by atoms with E-state index in [1.165, 1.54) is 0 Å². The summed E-state index contributed by atoms with van der Waals surface area (Å²) in [5, 5.41) is 19.8. The Kier molecular flexibility index (Phi) is 17.1. The summed E-state index contributed by atoms with van der Waals surface area (Å²) in [5.41, 5.74) is 4.44. The Morgan fingerprint density at radius 3 is 2.27 bits per heavy atom. The number of nitrogens with zero attached hydrogens (tertiary/aromatic N) is 4. The van der Waals surface area contributed by atoms with Gasteiger partial charge < -0.3 is 19.5 Å². The number of benzene rings is 2. The van der Waals surface area contributed by atoms with E-state index < -0.39 is 6.10 Å². The van der Waals surface area contributed by atoms with Gasteiger partial charge in [0.25, 0.3) is 0 Å². The normalized spacial score (nSPS) is 13.8. The summed E-state index contributed by atoms with van der Waals surface area (Å²) in [6, 6.07) is 21.6. The molecule has 1 fully saturated rings. The van der Waals surface area contributed by atoms with E-state index in [9.17, 15) is 15.0 Å². The Balaban J connectivity index is 0.00000111. The number of pyridine rings is 1. The van der Waals surface area contributed by atoms with Crippen LogP contribution in [0.5, 0.6) is 5.88 Å². The van der Waals surface area contributed by atoms with Crippen LogP contribution in [0, 0.1) is 0 Å². The highest BCUT2D eigenvalue weighted by molar-refractivity contribution is 5.97. The lowest BCUT2D eigenvalue weighted by molar-refractivity contribution is 0.101. The Bertz CT molecular complexity index is 1400. The number of hydrogen-bond donors (Lipinski definition) is 2. The number of aliphatic hydroxyl groups excluding tert-OH is 2. The molecule has 2 aromatic carbocycles. The number of hydrogen-bond acceptors (Lipinski definition) is 7. The molecule has 2 N–H and O–H groups in total. The summed E-state index contributed by atoms with van der Waals surface area (Å²) in [6.45, 7) is 16.7. The summed E-state index contributed by atoms with van der Waals surface area (Å²) in [4.78, 5) is 24.0. The van der Waals surface area contributed by atoms with E-state index >= 15 is 0 Å². The van der Waals surface area contributed by atoms with Crippen molar-refractivity contribution in [2.45, 2.75) is 99.4 Å². The van der Waals surface area contributed by atoms with Crippen molar-refractivity contribution >= 4 is 16.8 Å². The number of aliphatic hydroxyl groups is 2. The third-order valence-electron chi connectivity index (χ3n) is 7.43. The SMILES string of the molecule is CC.CC.CC.CC(=O)c1ccc2nc(CN3CCC(c4cccc(OCc5ccccc5)n4)CC3)n(CC(O)CCO)c2c1. The summed E-state index contributed by atoms with van der Waals surface area (Å²) in [7, 11) is 0. The van der Waals surface area contributed by atoms with E-state index in [0.717, 1.165) is 54.0 Å². The molecule has 8 nitrogen and oxygen atoms in total. The van der Waals surface area contributed by atoms with Gasteiger partial charge >= 0.3 is 0 Å². The smallest absolute Gasteiger partial charge is 0.213 e. The second-order valence-electron chi connectivity index (χ2n) is 10.3. The topological polar surface area (TPSA) is 101 Å². The molecule has 1 unspecified atom stereocenters. The summed E-state index contributed by atoms with van der Waals surface area (Å²) in [5.74, 6) is 1.87. The number of fused-ring (bicyclic) bond motifs is 1. The predicted octanol–water partition coefficient (Wildman–Crippen LogP) is 7.41. The second-order valence-corrected chi connectivity index (χ2v) is 10.3. The third-order valence-corrected chi connectivity index (χ3v) is 7.43. The number of rotatable bonds is 11. The number of carbonyl (C=O) groups excluding carboxylic acids is 1. The molecule has 1 atom stereocenters. The first-order valence-corrected chi connectivity index (χ1v) is 16.6. The first-order chi connectivity index (χ1) is 22.0. The van der Waals surface area contributed by atoms with Crippen LogP contribution in [0.3, 0.4) is 0 Å². The molecule has 5 rings (SSSR count). The fourth-order valence-corrected chi connectivity index (χ4v) is 5.22. The molecule has 246 valence electrons. The van der Waals surface area contributed by atoms with Crippen LogP contribution in [0.1, 0.15) is 101 Å². The molecular formula is C37H54N4O4. The Labute approximate surface area is 270 Å². The molecule has 1 aliphatic rings. The van der Waals surface area contributed by atoms with Crippen LogP contribution >= 0.6 is 0 Å². The van der Waals surface area contributed by atoms with Crippen LogP contribution in [-0.2, 0) is 19.7 Å². The van der Waals surface area contributed by atoms with Gasteiger partial charge in [0.1, 0.15) is 12.4 Å². The molecule has 0 saturated carbocycles. The molecule has 0 aliphatic carbocycles. The van der Waals surface area contributed by atoms with E-state index in [2.05, 4.69) is 11.0 Å². The zero-order valence-corrected chi connectivity index (χ0v) is 28.4. The summed E-state index contributed by atoms with van der Waals surface area (Å²) >= 11 is 0. The quantitative estimate of drug-likeness (QED) is 0.169. The van der Waals surface area contributed by atoms with E-state index in [1.54, 1.807) is 13.0 Å². The van der Waals surface area contributed by atoms with Crippen molar-refractivity contribution in [3.63, 3.8) is 0 Å². The van der Waals surface area contributed by atoms with Gasteiger partial charge in [0.15, 0.2) is 5.78 Å². The Morgan fingerprint density at radius 2 is 1.62 bits per heavy atom. The van der Waals surface area contributed by atoms with E-state index in [4.69, 9.17) is 14.7 Å². The molecule has 45 heavy (non-hydrogen) atoms. The lowest BCUT2D eigenvalue weighted by Crippen LogP contribution is -2.34. The highest BCUT2D eigenvalue weighted by Crippen LogP contribution is 2.29. The maximum atomic E-state index is 12.0. The summed E-state index contributed by atoms with van der Waals surface area (Å²) < 4.78 is 7.95. The van der Waals surface area contributed by atoms with Gasteiger partial charge in [-0.3, -0.25) is 9.69 Å². The van der Waals surface area contributed by atoms with Gasteiger partial charge in [0.05, 0.1) is 30.2 Å². The Hall–Kier alpha value is -3.59. The molecular weight excluding hydrogens is 564 g/mol.